The summed E-state index contributed by atoms with van der Waals surface area (Å²) >= 11 is 0. The number of aliphatic hydroxyl groups is 1. The molecule has 17 heavy (non-hydrogen) atoms. The minimum absolute atomic E-state index is 0.0484. The summed E-state index contributed by atoms with van der Waals surface area (Å²) in [6.45, 7) is 2.29. The highest BCUT2D eigenvalue weighted by Gasteiger charge is 2.33. The monoisotopic (exact) mass is 241 g/mol. The summed E-state index contributed by atoms with van der Waals surface area (Å²) in [6.07, 6.45) is 5.71. The Kier molecular flexibility index (Phi) is 4.40. The Morgan fingerprint density at radius 2 is 2.12 bits per heavy atom. The third kappa shape index (κ3) is 3.42. The molecule has 2 rings (SSSR count). The quantitative estimate of drug-likeness (QED) is 0.781. The molecule has 2 N–H and O–H groups in total. The molecule has 2 aliphatic rings. The molecule has 0 bridgehead atoms. The number of carbonyl (C=O) groups excluding carboxylic acids is 1. The molecule has 1 amide bonds. The van der Waals surface area contributed by atoms with Crippen LogP contribution in [0.15, 0.2) is 0 Å². The van der Waals surface area contributed by atoms with Crippen LogP contribution in [0.25, 0.3) is 0 Å². The molecule has 1 saturated carbocycles. The molecule has 0 radical (unpaired) electrons. The van der Waals surface area contributed by atoms with E-state index in [1.165, 1.54) is 32.1 Å². The topological polar surface area (TPSA) is 58.6 Å². The summed E-state index contributed by atoms with van der Waals surface area (Å²) in [7, 11) is 0. The summed E-state index contributed by atoms with van der Waals surface area (Å²) in [5.41, 5.74) is 0. The van der Waals surface area contributed by atoms with Crippen LogP contribution in [0.4, 0.5) is 0 Å². The molecule has 3 atom stereocenters. The molecule has 1 aliphatic carbocycles. The molecule has 0 unspecified atom stereocenters. The van der Waals surface area contributed by atoms with Gasteiger partial charge < -0.3 is 15.2 Å². The van der Waals surface area contributed by atoms with Gasteiger partial charge in [-0.2, -0.15) is 0 Å². The Hall–Kier alpha value is -0.610. The Morgan fingerprint density at radius 1 is 1.41 bits per heavy atom. The summed E-state index contributed by atoms with van der Waals surface area (Å²) in [5.74, 6) is 0.535. The zero-order chi connectivity index (χ0) is 12.3. The number of amides is 1. The lowest BCUT2D eigenvalue weighted by molar-refractivity contribution is -0.144. The number of ether oxygens (including phenoxy) is 1. The number of carbonyl (C=O) groups is 1. The zero-order valence-corrected chi connectivity index (χ0v) is 10.5. The first-order valence-corrected chi connectivity index (χ1v) is 6.77. The van der Waals surface area contributed by atoms with Gasteiger partial charge in [0.05, 0.1) is 18.8 Å². The van der Waals surface area contributed by atoms with Crippen molar-refractivity contribution in [3.8, 4) is 0 Å². The molecule has 0 aromatic carbocycles. The third-order valence-corrected chi connectivity index (χ3v) is 3.87. The van der Waals surface area contributed by atoms with E-state index in [0.717, 1.165) is 0 Å². The van der Waals surface area contributed by atoms with Gasteiger partial charge in [0.2, 0.25) is 5.91 Å². The van der Waals surface area contributed by atoms with Crippen molar-refractivity contribution in [2.24, 2.45) is 5.92 Å². The van der Waals surface area contributed by atoms with Crippen LogP contribution in [0.1, 0.15) is 45.4 Å². The molecule has 98 valence electrons. The number of hydrogen-bond donors (Lipinski definition) is 2. The van der Waals surface area contributed by atoms with Gasteiger partial charge in [-0.25, -0.2) is 0 Å². The third-order valence-electron chi connectivity index (χ3n) is 3.87. The standard InChI is InChI=1S/C13H23NO3/c1-9(15)7-12-13(16)14-11(8-17-12)10-5-3-2-4-6-10/h9-12,15H,2-8H2,1H3,(H,14,16)/t9-,11+,12-/m1/s1. The molecule has 4 nitrogen and oxygen atoms in total. The fraction of sp³-hybridized carbons (Fsp3) is 0.923. The first kappa shape index (κ1) is 12.8. The zero-order valence-electron chi connectivity index (χ0n) is 10.5. The summed E-state index contributed by atoms with van der Waals surface area (Å²) in [5, 5.41) is 12.3. The molecule has 0 aromatic rings. The molecule has 0 spiro atoms. The number of morpholine rings is 1. The first-order valence-electron chi connectivity index (χ1n) is 6.77. The summed E-state index contributed by atoms with van der Waals surface area (Å²) in [4.78, 5) is 11.8. The van der Waals surface area contributed by atoms with E-state index in [2.05, 4.69) is 5.32 Å². The van der Waals surface area contributed by atoms with Gasteiger partial charge >= 0.3 is 0 Å². The average Bonchev–Trinajstić information content (AvgIpc) is 2.32. The van der Waals surface area contributed by atoms with Gasteiger partial charge in [-0.05, 0) is 25.7 Å². The Labute approximate surface area is 103 Å². The van der Waals surface area contributed by atoms with E-state index in [9.17, 15) is 9.90 Å². The van der Waals surface area contributed by atoms with Crippen molar-refractivity contribution in [2.75, 3.05) is 6.61 Å². The van der Waals surface area contributed by atoms with Gasteiger partial charge in [0, 0.05) is 6.42 Å². The van der Waals surface area contributed by atoms with Crippen molar-refractivity contribution in [3.63, 3.8) is 0 Å². The highest BCUT2D eigenvalue weighted by atomic mass is 16.5. The maximum Gasteiger partial charge on any atom is 0.249 e. The molecule has 1 heterocycles. The van der Waals surface area contributed by atoms with E-state index in [4.69, 9.17) is 4.74 Å². The number of hydrogen-bond acceptors (Lipinski definition) is 3. The molecule has 1 aliphatic heterocycles. The largest absolute Gasteiger partial charge is 0.393 e. The lowest BCUT2D eigenvalue weighted by Crippen LogP contribution is -2.54. The second-order valence-electron chi connectivity index (χ2n) is 5.42. The smallest absolute Gasteiger partial charge is 0.249 e. The number of aliphatic hydroxyl groups excluding tert-OH is 1. The lowest BCUT2D eigenvalue weighted by Gasteiger charge is -2.36. The van der Waals surface area contributed by atoms with Crippen LogP contribution < -0.4 is 5.32 Å². The van der Waals surface area contributed by atoms with Crippen LogP contribution in [0, 0.1) is 5.92 Å². The highest BCUT2D eigenvalue weighted by Crippen LogP contribution is 2.28. The Bertz CT molecular complexity index is 261. The maximum atomic E-state index is 11.8. The van der Waals surface area contributed by atoms with Crippen molar-refractivity contribution < 1.29 is 14.6 Å². The summed E-state index contributed by atoms with van der Waals surface area (Å²) in [6, 6.07) is 0.188. The summed E-state index contributed by atoms with van der Waals surface area (Å²) < 4.78 is 5.59. The van der Waals surface area contributed by atoms with Crippen molar-refractivity contribution >= 4 is 5.91 Å². The van der Waals surface area contributed by atoms with Crippen LogP contribution in [0.3, 0.4) is 0 Å². The molecule has 0 aromatic heterocycles. The van der Waals surface area contributed by atoms with E-state index >= 15 is 0 Å². The molecule has 1 saturated heterocycles. The molecular formula is C13H23NO3. The van der Waals surface area contributed by atoms with Crippen LogP contribution >= 0.6 is 0 Å². The van der Waals surface area contributed by atoms with E-state index < -0.39 is 12.2 Å². The Morgan fingerprint density at radius 3 is 2.71 bits per heavy atom. The van der Waals surface area contributed by atoms with E-state index in [-0.39, 0.29) is 11.9 Å². The van der Waals surface area contributed by atoms with Crippen LogP contribution in [-0.2, 0) is 9.53 Å². The van der Waals surface area contributed by atoms with E-state index in [1.807, 2.05) is 0 Å². The molecular weight excluding hydrogens is 218 g/mol. The number of rotatable bonds is 3. The van der Waals surface area contributed by atoms with Gasteiger partial charge in [0.1, 0.15) is 6.10 Å². The minimum atomic E-state index is -0.489. The highest BCUT2D eigenvalue weighted by molar-refractivity contribution is 5.81. The molecule has 2 fully saturated rings. The van der Waals surface area contributed by atoms with E-state index in [0.29, 0.717) is 18.9 Å². The fourth-order valence-electron chi connectivity index (χ4n) is 2.89. The van der Waals surface area contributed by atoms with Gasteiger partial charge in [0.15, 0.2) is 0 Å². The first-order chi connectivity index (χ1) is 8.16. The van der Waals surface area contributed by atoms with Crippen LogP contribution in [-0.4, -0.2) is 35.9 Å². The van der Waals surface area contributed by atoms with Crippen molar-refractivity contribution in [3.05, 3.63) is 0 Å². The minimum Gasteiger partial charge on any atom is -0.393 e. The van der Waals surface area contributed by atoms with Crippen molar-refractivity contribution in [2.45, 2.75) is 63.7 Å². The van der Waals surface area contributed by atoms with Gasteiger partial charge in [-0.15, -0.1) is 0 Å². The maximum absolute atomic E-state index is 11.8. The fourth-order valence-corrected chi connectivity index (χ4v) is 2.89. The van der Waals surface area contributed by atoms with Gasteiger partial charge in [-0.3, -0.25) is 4.79 Å². The van der Waals surface area contributed by atoms with Gasteiger partial charge in [0.25, 0.3) is 0 Å². The normalized spacial score (nSPS) is 33.2. The molecule has 4 heteroatoms. The van der Waals surface area contributed by atoms with Crippen LogP contribution in [0.2, 0.25) is 0 Å². The van der Waals surface area contributed by atoms with Gasteiger partial charge in [-0.1, -0.05) is 19.3 Å². The predicted octanol–water partition coefficient (Wildman–Crippen LogP) is 1.22. The predicted molar refractivity (Wildman–Crippen MR) is 64.5 cm³/mol. The second kappa shape index (κ2) is 5.83. The Balaban J connectivity index is 1.83. The number of nitrogens with one attached hydrogen (secondary N) is 1. The average molecular weight is 241 g/mol. The second-order valence-corrected chi connectivity index (χ2v) is 5.42. The van der Waals surface area contributed by atoms with Crippen molar-refractivity contribution in [1.82, 2.24) is 5.32 Å². The van der Waals surface area contributed by atoms with E-state index in [1.54, 1.807) is 6.92 Å². The SMILES string of the molecule is C[C@@H](O)C[C@H]1OC[C@@H](C2CCCCC2)NC1=O. The lowest BCUT2D eigenvalue weighted by atomic mass is 9.83. The van der Waals surface area contributed by atoms with Crippen molar-refractivity contribution in [1.29, 1.82) is 0 Å². The van der Waals surface area contributed by atoms with Crippen LogP contribution in [0.5, 0.6) is 0 Å².